The number of nitrogens with one attached hydrogen (secondary N) is 1. The van der Waals surface area contributed by atoms with Crippen LogP contribution in [0.5, 0.6) is 5.75 Å². The van der Waals surface area contributed by atoms with Crippen LogP contribution in [-0.4, -0.2) is 13.0 Å². The number of rotatable bonds is 5. The van der Waals surface area contributed by atoms with Crippen LogP contribution in [0.25, 0.3) is 0 Å². The van der Waals surface area contributed by atoms with Crippen LogP contribution in [0.15, 0.2) is 76.5 Å². The highest BCUT2D eigenvalue weighted by Gasteiger charge is 2.10. The monoisotopic (exact) mass is 378 g/mol. The van der Waals surface area contributed by atoms with E-state index in [1.165, 1.54) is 36.0 Å². The van der Waals surface area contributed by atoms with Crippen molar-refractivity contribution in [1.82, 2.24) is 0 Å². The van der Waals surface area contributed by atoms with E-state index in [1.807, 2.05) is 24.3 Å². The van der Waals surface area contributed by atoms with Crippen LogP contribution in [0.3, 0.4) is 0 Å². The van der Waals surface area contributed by atoms with Crippen molar-refractivity contribution in [2.45, 2.75) is 9.79 Å². The fraction of sp³-hybridized carbons (Fsp3) is 0.0476. The topological polar surface area (TPSA) is 62.1 Å². The van der Waals surface area contributed by atoms with Crippen LogP contribution in [0.1, 0.15) is 15.9 Å². The molecule has 0 spiro atoms. The van der Waals surface area contributed by atoms with E-state index in [0.717, 1.165) is 15.5 Å². The third-order valence-corrected chi connectivity index (χ3v) is 4.84. The van der Waals surface area contributed by atoms with Crippen LogP contribution < -0.4 is 10.1 Å². The summed E-state index contributed by atoms with van der Waals surface area (Å²) in [6.07, 6.45) is 0. The quantitative estimate of drug-likeness (QED) is 0.670. The van der Waals surface area contributed by atoms with Crippen molar-refractivity contribution in [3.8, 4) is 11.8 Å². The number of amides is 1. The average Bonchev–Trinajstić information content (AvgIpc) is 2.70. The summed E-state index contributed by atoms with van der Waals surface area (Å²) in [5, 5.41) is 12.2. The predicted octanol–water partition coefficient (Wildman–Crippen LogP) is 5.11. The number of anilines is 1. The molecule has 0 aromatic heterocycles. The van der Waals surface area contributed by atoms with Gasteiger partial charge in [-0.25, -0.2) is 4.39 Å². The Morgan fingerprint density at radius 3 is 2.41 bits per heavy atom. The third kappa shape index (κ3) is 4.66. The number of hydrogen-bond acceptors (Lipinski definition) is 4. The van der Waals surface area contributed by atoms with Gasteiger partial charge >= 0.3 is 0 Å². The smallest absolute Gasteiger partial charge is 0.255 e. The largest absolute Gasteiger partial charge is 0.497 e. The molecule has 1 amide bonds. The Morgan fingerprint density at radius 1 is 1.07 bits per heavy atom. The highest BCUT2D eigenvalue weighted by atomic mass is 32.2. The van der Waals surface area contributed by atoms with E-state index in [0.29, 0.717) is 16.8 Å². The lowest BCUT2D eigenvalue weighted by Crippen LogP contribution is -2.11. The number of benzene rings is 3. The van der Waals surface area contributed by atoms with Crippen molar-refractivity contribution in [2.24, 2.45) is 0 Å². The van der Waals surface area contributed by atoms with E-state index in [4.69, 9.17) is 4.74 Å². The molecule has 0 saturated heterocycles. The Balaban J connectivity index is 1.76. The number of carbonyl (C=O) groups excluding carboxylic acids is 1. The van der Waals surface area contributed by atoms with E-state index in [-0.39, 0.29) is 5.91 Å². The van der Waals surface area contributed by atoms with Crippen molar-refractivity contribution in [3.63, 3.8) is 0 Å². The fourth-order valence-corrected chi connectivity index (χ4v) is 3.24. The van der Waals surface area contributed by atoms with Crippen LogP contribution in [0, 0.1) is 17.1 Å². The molecule has 134 valence electrons. The molecule has 0 radical (unpaired) electrons. The van der Waals surface area contributed by atoms with E-state index >= 15 is 0 Å². The van der Waals surface area contributed by atoms with E-state index < -0.39 is 5.82 Å². The summed E-state index contributed by atoms with van der Waals surface area (Å²) in [6, 6.07) is 20.1. The van der Waals surface area contributed by atoms with Crippen LogP contribution in [0.2, 0.25) is 0 Å². The maximum atomic E-state index is 13.0. The standard InChI is InChI=1S/C21H15FN2O2S/c1-26-18-7-9-19(10-8-18)27-20-11-6-17(12-15(20)13-23)24-21(25)14-2-4-16(22)5-3-14/h2-12H,1H3,(H,24,25). The van der Waals surface area contributed by atoms with Gasteiger partial charge in [0.1, 0.15) is 17.6 Å². The summed E-state index contributed by atoms with van der Waals surface area (Å²) in [5.74, 6) is -0.00798. The zero-order chi connectivity index (χ0) is 19.2. The summed E-state index contributed by atoms with van der Waals surface area (Å²) < 4.78 is 18.1. The molecule has 6 heteroatoms. The van der Waals surface area contributed by atoms with Crippen molar-refractivity contribution < 1.29 is 13.9 Å². The van der Waals surface area contributed by atoms with Gasteiger partial charge in [0, 0.05) is 21.0 Å². The Labute approximate surface area is 160 Å². The molecule has 0 unspecified atom stereocenters. The Bertz CT molecular complexity index is 996. The van der Waals surface area contributed by atoms with E-state index in [9.17, 15) is 14.4 Å². The summed E-state index contributed by atoms with van der Waals surface area (Å²) in [5.41, 5.74) is 1.29. The zero-order valence-electron chi connectivity index (χ0n) is 14.4. The molecule has 0 aliphatic rings. The Morgan fingerprint density at radius 2 is 1.78 bits per heavy atom. The lowest BCUT2D eigenvalue weighted by molar-refractivity contribution is 0.102. The molecular formula is C21H15FN2O2S. The first-order valence-corrected chi connectivity index (χ1v) is 8.83. The lowest BCUT2D eigenvalue weighted by atomic mass is 10.2. The average molecular weight is 378 g/mol. The van der Waals surface area contributed by atoms with Gasteiger partial charge in [-0.2, -0.15) is 5.26 Å². The van der Waals surface area contributed by atoms with Gasteiger partial charge in [-0.1, -0.05) is 11.8 Å². The van der Waals surface area contributed by atoms with Gasteiger partial charge in [-0.3, -0.25) is 4.79 Å². The van der Waals surface area contributed by atoms with Gasteiger partial charge in [0.2, 0.25) is 0 Å². The highest BCUT2D eigenvalue weighted by Crippen LogP contribution is 2.32. The molecular weight excluding hydrogens is 363 g/mol. The minimum absolute atomic E-state index is 0.339. The van der Waals surface area contributed by atoms with Crippen LogP contribution in [0.4, 0.5) is 10.1 Å². The fourth-order valence-electron chi connectivity index (χ4n) is 2.36. The van der Waals surface area contributed by atoms with Gasteiger partial charge in [-0.15, -0.1) is 0 Å². The second kappa shape index (κ2) is 8.39. The molecule has 0 aliphatic carbocycles. The molecule has 3 aromatic rings. The van der Waals surface area contributed by atoms with Crippen molar-refractivity contribution >= 4 is 23.4 Å². The van der Waals surface area contributed by atoms with Crippen LogP contribution in [-0.2, 0) is 0 Å². The molecule has 0 heterocycles. The van der Waals surface area contributed by atoms with Gasteiger partial charge < -0.3 is 10.1 Å². The Hall–Kier alpha value is -3.30. The van der Waals surface area contributed by atoms with Crippen molar-refractivity contribution in [1.29, 1.82) is 5.26 Å². The normalized spacial score (nSPS) is 10.1. The second-order valence-corrected chi connectivity index (χ2v) is 6.68. The van der Waals surface area contributed by atoms with Crippen molar-refractivity contribution in [2.75, 3.05) is 12.4 Å². The van der Waals surface area contributed by atoms with Gasteiger partial charge in [0.15, 0.2) is 0 Å². The summed E-state index contributed by atoms with van der Waals surface area (Å²) >= 11 is 1.45. The number of ether oxygens (including phenoxy) is 1. The first-order chi connectivity index (χ1) is 13.1. The van der Waals surface area contributed by atoms with Gasteiger partial charge in [-0.05, 0) is 66.7 Å². The van der Waals surface area contributed by atoms with Gasteiger partial charge in [0.25, 0.3) is 5.91 Å². The maximum Gasteiger partial charge on any atom is 0.255 e. The van der Waals surface area contributed by atoms with E-state index in [2.05, 4.69) is 11.4 Å². The number of nitrogens with zero attached hydrogens (tertiary/aromatic N) is 1. The maximum absolute atomic E-state index is 13.0. The first kappa shape index (κ1) is 18.5. The molecule has 3 rings (SSSR count). The Kier molecular flexibility index (Phi) is 5.74. The molecule has 0 bridgehead atoms. The minimum Gasteiger partial charge on any atom is -0.497 e. The first-order valence-electron chi connectivity index (χ1n) is 8.02. The second-order valence-electron chi connectivity index (χ2n) is 5.56. The molecule has 1 N–H and O–H groups in total. The molecule has 0 fully saturated rings. The van der Waals surface area contributed by atoms with Crippen molar-refractivity contribution in [3.05, 3.63) is 83.7 Å². The molecule has 4 nitrogen and oxygen atoms in total. The lowest BCUT2D eigenvalue weighted by Gasteiger charge is -2.09. The molecule has 0 atom stereocenters. The molecule has 0 saturated carbocycles. The summed E-state index contributed by atoms with van der Waals surface area (Å²) in [4.78, 5) is 14.0. The highest BCUT2D eigenvalue weighted by molar-refractivity contribution is 7.99. The number of nitriles is 1. The van der Waals surface area contributed by atoms with Crippen LogP contribution >= 0.6 is 11.8 Å². The minimum atomic E-state index is -0.404. The molecule has 27 heavy (non-hydrogen) atoms. The number of halogens is 1. The summed E-state index contributed by atoms with van der Waals surface area (Å²) in [7, 11) is 1.61. The predicted molar refractivity (Wildman–Crippen MR) is 103 cm³/mol. The number of hydrogen-bond donors (Lipinski definition) is 1. The summed E-state index contributed by atoms with van der Waals surface area (Å²) in [6.45, 7) is 0. The SMILES string of the molecule is COc1ccc(Sc2ccc(NC(=O)c3ccc(F)cc3)cc2C#N)cc1. The molecule has 3 aromatic carbocycles. The zero-order valence-corrected chi connectivity index (χ0v) is 15.2. The van der Waals surface area contributed by atoms with E-state index in [1.54, 1.807) is 25.3 Å². The third-order valence-electron chi connectivity index (χ3n) is 3.75. The van der Waals surface area contributed by atoms with Gasteiger partial charge in [0.05, 0.1) is 12.7 Å². The molecule has 0 aliphatic heterocycles. The number of methoxy groups -OCH3 is 1. The number of carbonyl (C=O) groups is 1.